The van der Waals surface area contributed by atoms with E-state index in [2.05, 4.69) is 18.5 Å². The van der Waals surface area contributed by atoms with E-state index < -0.39 is 5.54 Å². The quantitative estimate of drug-likeness (QED) is 0.553. The van der Waals surface area contributed by atoms with Crippen molar-refractivity contribution in [3.05, 3.63) is 72.9 Å². The molecule has 1 saturated heterocycles. The standard InChI is InChI=1S/C23H28N2O3/c1-3-8-20(4-2)21-25-23(17-28-21,15-18-11-13-24-14-12-18)22(26)27-16-19-9-6-5-7-10-19/h3-10,18,24H,1-2,11-17H2/b20-8+/t23-/m1/s1. The van der Waals surface area contributed by atoms with Crippen molar-refractivity contribution < 1.29 is 14.3 Å². The molecule has 5 nitrogen and oxygen atoms in total. The first-order valence-corrected chi connectivity index (χ1v) is 9.77. The van der Waals surface area contributed by atoms with Crippen LogP contribution in [0.4, 0.5) is 0 Å². The molecule has 0 aromatic heterocycles. The Labute approximate surface area is 166 Å². The van der Waals surface area contributed by atoms with Crippen LogP contribution in [0.25, 0.3) is 0 Å². The Morgan fingerprint density at radius 2 is 2.04 bits per heavy atom. The van der Waals surface area contributed by atoms with Crippen molar-refractivity contribution in [3.8, 4) is 0 Å². The van der Waals surface area contributed by atoms with Crippen molar-refractivity contribution in [1.82, 2.24) is 5.32 Å². The summed E-state index contributed by atoms with van der Waals surface area (Å²) in [6.07, 6.45) is 7.77. The number of carbonyl (C=O) groups excluding carboxylic acids is 1. The molecule has 3 rings (SSSR count). The monoisotopic (exact) mass is 380 g/mol. The zero-order chi connectivity index (χ0) is 19.8. The molecular formula is C23H28N2O3. The average molecular weight is 380 g/mol. The highest BCUT2D eigenvalue weighted by molar-refractivity contribution is 6.00. The lowest BCUT2D eigenvalue weighted by atomic mass is 9.83. The number of allylic oxidation sites excluding steroid dienone is 2. The lowest BCUT2D eigenvalue weighted by molar-refractivity contribution is -0.152. The minimum absolute atomic E-state index is 0.197. The Morgan fingerprint density at radius 3 is 2.71 bits per heavy atom. The summed E-state index contributed by atoms with van der Waals surface area (Å²) >= 11 is 0. The molecule has 1 N–H and O–H groups in total. The highest BCUT2D eigenvalue weighted by Gasteiger charge is 2.47. The Bertz CT molecular complexity index is 763. The van der Waals surface area contributed by atoms with Crippen LogP contribution in [-0.2, 0) is 20.9 Å². The summed E-state index contributed by atoms with van der Waals surface area (Å²) in [5.41, 5.74) is 0.669. The van der Waals surface area contributed by atoms with Crippen LogP contribution in [0, 0.1) is 5.92 Å². The molecule has 0 aliphatic carbocycles. The predicted molar refractivity (Wildman–Crippen MR) is 111 cm³/mol. The number of hydrogen-bond acceptors (Lipinski definition) is 5. The highest BCUT2D eigenvalue weighted by atomic mass is 16.5. The number of nitrogens with one attached hydrogen (secondary N) is 1. The fourth-order valence-corrected chi connectivity index (χ4v) is 3.66. The van der Waals surface area contributed by atoms with Gasteiger partial charge < -0.3 is 14.8 Å². The summed E-state index contributed by atoms with van der Waals surface area (Å²) in [4.78, 5) is 17.9. The van der Waals surface area contributed by atoms with Crippen LogP contribution in [0.5, 0.6) is 0 Å². The van der Waals surface area contributed by atoms with Crippen LogP contribution < -0.4 is 5.32 Å². The summed E-state index contributed by atoms with van der Waals surface area (Å²) in [5, 5.41) is 3.36. The third-order valence-corrected chi connectivity index (χ3v) is 5.21. The molecule has 5 heteroatoms. The number of benzene rings is 1. The van der Waals surface area contributed by atoms with Gasteiger partial charge in [0.05, 0.1) is 0 Å². The molecular weight excluding hydrogens is 352 g/mol. The van der Waals surface area contributed by atoms with E-state index in [-0.39, 0.29) is 19.2 Å². The van der Waals surface area contributed by atoms with Gasteiger partial charge in [-0.2, -0.15) is 0 Å². The van der Waals surface area contributed by atoms with E-state index >= 15 is 0 Å². The minimum atomic E-state index is -1.00. The summed E-state index contributed by atoms with van der Waals surface area (Å²) in [5.74, 6) is 0.514. The first kappa shape index (κ1) is 20.1. The average Bonchev–Trinajstić information content (AvgIpc) is 3.16. The van der Waals surface area contributed by atoms with E-state index in [1.165, 1.54) is 0 Å². The van der Waals surface area contributed by atoms with Crippen LogP contribution in [0.2, 0.25) is 0 Å². The first-order chi connectivity index (χ1) is 13.7. The van der Waals surface area contributed by atoms with Crippen LogP contribution in [-0.4, -0.2) is 37.1 Å². The van der Waals surface area contributed by atoms with Gasteiger partial charge in [0.15, 0.2) is 5.54 Å². The molecule has 2 heterocycles. The molecule has 0 saturated carbocycles. The van der Waals surface area contributed by atoms with Gasteiger partial charge >= 0.3 is 5.97 Å². The minimum Gasteiger partial charge on any atom is -0.474 e. The molecule has 2 aliphatic rings. The highest BCUT2D eigenvalue weighted by Crippen LogP contribution is 2.33. The molecule has 1 aromatic carbocycles. The number of carbonyl (C=O) groups is 1. The fraction of sp³-hybridized carbons (Fsp3) is 0.391. The van der Waals surface area contributed by atoms with Crippen molar-refractivity contribution in [1.29, 1.82) is 0 Å². The zero-order valence-corrected chi connectivity index (χ0v) is 16.2. The van der Waals surface area contributed by atoms with Crippen LogP contribution in [0.3, 0.4) is 0 Å². The van der Waals surface area contributed by atoms with Crippen LogP contribution in [0.15, 0.2) is 72.3 Å². The van der Waals surface area contributed by atoms with Crippen molar-refractivity contribution in [2.24, 2.45) is 10.9 Å². The lowest BCUT2D eigenvalue weighted by Gasteiger charge is -2.29. The molecule has 0 amide bonds. The van der Waals surface area contributed by atoms with Gasteiger partial charge in [-0.3, -0.25) is 0 Å². The Hall–Kier alpha value is -2.66. The third-order valence-electron chi connectivity index (χ3n) is 5.21. The predicted octanol–water partition coefficient (Wildman–Crippen LogP) is 3.59. The van der Waals surface area contributed by atoms with E-state index in [9.17, 15) is 4.79 Å². The summed E-state index contributed by atoms with van der Waals surface area (Å²) in [6, 6.07) is 9.68. The fourth-order valence-electron chi connectivity index (χ4n) is 3.66. The summed E-state index contributed by atoms with van der Waals surface area (Å²) < 4.78 is 11.5. The SMILES string of the molecule is C=C/C=C(\C=C)C1=N[C@@](CC2CCNCC2)(C(=O)OCc2ccccc2)CO1. The Morgan fingerprint density at radius 1 is 1.29 bits per heavy atom. The van der Waals surface area contributed by atoms with E-state index in [1.807, 2.05) is 30.3 Å². The first-order valence-electron chi connectivity index (χ1n) is 9.77. The molecule has 1 fully saturated rings. The van der Waals surface area contributed by atoms with Gasteiger partial charge in [-0.25, -0.2) is 9.79 Å². The number of ether oxygens (including phenoxy) is 2. The maximum Gasteiger partial charge on any atom is 0.338 e. The number of piperidine rings is 1. The van der Waals surface area contributed by atoms with Crippen LogP contribution >= 0.6 is 0 Å². The van der Waals surface area contributed by atoms with Gasteiger partial charge in [0, 0.05) is 5.57 Å². The Kier molecular flexibility index (Phi) is 6.82. The van der Waals surface area contributed by atoms with Crippen molar-refractivity contribution in [2.75, 3.05) is 19.7 Å². The second-order valence-corrected chi connectivity index (χ2v) is 7.26. The molecule has 0 bridgehead atoms. The number of esters is 1. The maximum absolute atomic E-state index is 13.1. The molecule has 148 valence electrons. The van der Waals surface area contributed by atoms with Gasteiger partial charge in [0.2, 0.25) is 5.90 Å². The molecule has 28 heavy (non-hydrogen) atoms. The molecule has 1 aromatic rings. The number of hydrogen-bond donors (Lipinski definition) is 1. The topological polar surface area (TPSA) is 59.9 Å². The van der Waals surface area contributed by atoms with E-state index in [1.54, 1.807) is 18.2 Å². The second-order valence-electron chi connectivity index (χ2n) is 7.26. The second kappa shape index (κ2) is 9.51. The van der Waals surface area contributed by atoms with Gasteiger partial charge in [0.1, 0.15) is 13.2 Å². The molecule has 0 unspecified atom stereocenters. The molecule has 1 atom stereocenters. The third kappa shape index (κ3) is 4.78. The number of rotatable bonds is 8. The normalized spacial score (nSPS) is 22.9. The number of aliphatic imine (C=N–C) groups is 1. The van der Waals surface area contributed by atoms with E-state index in [0.717, 1.165) is 37.1 Å². The molecule has 0 spiro atoms. The molecule has 0 radical (unpaired) electrons. The lowest BCUT2D eigenvalue weighted by Crippen LogP contribution is -2.43. The number of nitrogens with zero attached hydrogens (tertiary/aromatic N) is 1. The Balaban J connectivity index is 1.81. The summed E-state index contributed by atoms with van der Waals surface area (Å²) in [6.45, 7) is 9.88. The zero-order valence-electron chi connectivity index (χ0n) is 16.2. The van der Waals surface area contributed by atoms with Gasteiger partial charge in [-0.05, 0) is 43.8 Å². The van der Waals surface area contributed by atoms with E-state index in [0.29, 0.717) is 18.2 Å². The smallest absolute Gasteiger partial charge is 0.338 e. The van der Waals surface area contributed by atoms with Gasteiger partial charge in [-0.1, -0.05) is 61.7 Å². The van der Waals surface area contributed by atoms with Crippen molar-refractivity contribution in [2.45, 2.75) is 31.4 Å². The largest absolute Gasteiger partial charge is 0.474 e. The van der Waals surface area contributed by atoms with E-state index in [4.69, 9.17) is 14.5 Å². The molecule has 2 aliphatic heterocycles. The van der Waals surface area contributed by atoms with Gasteiger partial charge in [-0.15, -0.1) is 0 Å². The van der Waals surface area contributed by atoms with Gasteiger partial charge in [0.25, 0.3) is 0 Å². The van der Waals surface area contributed by atoms with Crippen molar-refractivity contribution in [3.63, 3.8) is 0 Å². The van der Waals surface area contributed by atoms with Crippen molar-refractivity contribution >= 4 is 11.9 Å². The van der Waals surface area contributed by atoms with Crippen LogP contribution in [0.1, 0.15) is 24.8 Å². The summed E-state index contributed by atoms with van der Waals surface area (Å²) in [7, 11) is 0. The maximum atomic E-state index is 13.1.